The summed E-state index contributed by atoms with van der Waals surface area (Å²) in [4.78, 5) is 14.7. The minimum Gasteiger partial charge on any atom is -0.497 e. The Morgan fingerprint density at radius 2 is 2.11 bits per heavy atom. The monoisotopic (exact) mass is 406 g/mol. The van der Waals surface area contributed by atoms with Crippen LogP contribution in [0.25, 0.3) is 0 Å². The van der Waals surface area contributed by atoms with Crippen LogP contribution in [0, 0.1) is 0 Å². The van der Waals surface area contributed by atoms with Crippen LogP contribution in [0.15, 0.2) is 28.6 Å². The third kappa shape index (κ3) is 5.35. The van der Waals surface area contributed by atoms with Gasteiger partial charge in [-0.05, 0) is 31.9 Å². The van der Waals surface area contributed by atoms with E-state index in [1.54, 1.807) is 7.11 Å². The van der Waals surface area contributed by atoms with E-state index < -0.39 is 0 Å². The Labute approximate surface area is 168 Å². The molecule has 0 spiro atoms. The molecule has 0 bridgehead atoms. The number of methoxy groups -OCH3 is 1. The van der Waals surface area contributed by atoms with E-state index in [0.717, 1.165) is 28.6 Å². The molecule has 2 aromatic rings. The molecule has 1 aromatic carbocycles. The van der Waals surface area contributed by atoms with Gasteiger partial charge in [0.25, 0.3) is 0 Å². The Kier molecular flexibility index (Phi) is 6.95. The van der Waals surface area contributed by atoms with Crippen molar-refractivity contribution < 1.29 is 9.53 Å². The molecule has 1 aromatic heterocycles. The summed E-state index contributed by atoms with van der Waals surface area (Å²) in [6, 6.07) is 8.04. The van der Waals surface area contributed by atoms with Crippen LogP contribution in [-0.4, -0.2) is 46.5 Å². The first-order valence-electron chi connectivity index (χ1n) is 9.24. The van der Waals surface area contributed by atoms with Crippen molar-refractivity contribution in [2.75, 3.05) is 19.5 Å². The number of ether oxygens (including phenoxy) is 1. The van der Waals surface area contributed by atoms with Gasteiger partial charge in [-0.15, -0.1) is 10.2 Å². The van der Waals surface area contributed by atoms with E-state index in [-0.39, 0.29) is 11.2 Å². The third-order valence-corrected chi connectivity index (χ3v) is 6.83. The largest absolute Gasteiger partial charge is 0.497 e. The van der Waals surface area contributed by atoms with Crippen molar-refractivity contribution in [2.45, 2.75) is 54.7 Å². The van der Waals surface area contributed by atoms with Crippen molar-refractivity contribution in [1.82, 2.24) is 15.1 Å². The lowest BCUT2D eigenvalue weighted by Crippen LogP contribution is -2.42. The van der Waals surface area contributed by atoms with Gasteiger partial charge < -0.3 is 15.0 Å². The quantitative estimate of drug-likeness (QED) is 0.680. The van der Waals surface area contributed by atoms with E-state index in [1.807, 2.05) is 43.1 Å². The second-order valence-corrected chi connectivity index (χ2v) is 9.30. The number of rotatable bonds is 7. The molecule has 1 saturated carbocycles. The summed E-state index contributed by atoms with van der Waals surface area (Å²) < 4.78 is 6.02. The number of nitrogens with one attached hydrogen (secondary N) is 1. The summed E-state index contributed by atoms with van der Waals surface area (Å²) >= 11 is 2.92. The first kappa shape index (κ1) is 19.9. The van der Waals surface area contributed by atoms with E-state index in [4.69, 9.17) is 4.74 Å². The fraction of sp³-hybridized carbons (Fsp3) is 0.526. The maximum absolute atomic E-state index is 12.7. The summed E-state index contributed by atoms with van der Waals surface area (Å²) in [5.74, 6) is 0.952. The van der Waals surface area contributed by atoms with Crippen LogP contribution in [0.5, 0.6) is 5.75 Å². The Balaban J connectivity index is 1.56. The first-order chi connectivity index (χ1) is 13.1. The van der Waals surface area contributed by atoms with Crippen LogP contribution in [0.1, 0.15) is 39.0 Å². The fourth-order valence-corrected chi connectivity index (χ4v) is 5.29. The molecule has 6 nitrogen and oxygen atoms in total. The zero-order valence-electron chi connectivity index (χ0n) is 16.0. The number of hydrogen-bond acceptors (Lipinski definition) is 7. The maximum Gasteiger partial charge on any atom is 0.235 e. The highest BCUT2D eigenvalue weighted by atomic mass is 32.2. The van der Waals surface area contributed by atoms with E-state index in [0.29, 0.717) is 11.2 Å². The van der Waals surface area contributed by atoms with Gasteiger partial charge in [0.05, 0.1) is 12.4 Å². The topological polar surface area (TPSA) is 67.3 Å². The molecule has 1 N–H and O–H groups in total. The number of nitrogens with zero attached hydrogens (tertiary/aromatic N) is 3. The molecule has 1 aliphatic rings. The Morgan fingerprint density at radius 1 is 1.33 bits per heavy atom. The van der Waals surface area contributed by atoms with Crippen molar-refractivity contribution in [2.24, 2.45) is 0 Å². The number of aromatic nitrogens is 2. The highest BCUT2D eigenvalue weighted by Gasteiger charge is 2.26. The molecule has 1 atom stereocenters. The predicted molar refractivity (Wildman–Crippen MR) is 111 cm³/mol. The Hall–Kier alpha value is -1.80. The van der Waals surface area contributed by atoms with Gasteiger partial charge in [0.2, 0.25) is 11.0 Å². The van der Waals surface area contributed by atoms with E-state index in [1.165, 1.54) is 42.4 Å². The van der Waals surface area contributed by atoms with Crippen LogP contribution < -0.4 is 10.1 Å². The number of thioether (sulfide) groups is 1. The zero-order chi connectivity index (χ0) is 19.2. The van der Waals surface area contributed by atoms with Gasteiger partial charge in [-0.1, -0.05) is 48.4 Å². The lowest BCUT2D eigenvalue weighted by atomic mass is 9.94. The average Bonchev–Trinajstić information content (AvgIpc) is 3.14. The molecule has 1 fully saturated rings. The van der Waals surface area contributed by atoms with Crippen molar-refractivity contribution in [3.8, 4) is 5.75 Å². The summed E-state index contributed by atoms with van der Waals surface area (Å²) in [5, 5.41) is 12.2. The van der Waals surface area contributed by atoms with Gasteiger partial charge in [-0.3, -0.25) is 4.79 Å². The van der Waals surface area contributed by atoms with E-state index >= 15 is 0 Å². The van der Waals surface area contributed by atoms with Gasteiger partial charge in [0.1, 0.15) is 5.75 Å². The molecular formula is C19H26N4O2S2. The lowest BCUT2D eigenvalue weighted by molar-refractivity contribution is -0.131. The van der Waals surface area contributed by atoms with Crippen LogP contribution in [0.4, 0.5) is 10.8 Å². The lowest BCUT2D eigenvalue weighted by Gasteiger charge is -2.32. The Bertz CT molecular complexity index is 762. The molecule has 3 rings (SSSR count). The smallest absolute Gasteiger partial charge is 0.235 e. The number of carbonyl (C=O) groups is 1. The van der Waals surface area contributed by atoms with Crippen LogP contribution in [0.3, 0.4) is 0 Å². The van der Waals surface area contributed by atoms with Gasteiger partial charge in [-0.25, -0.2) is 0 Å². The summed E-state index contributed by atoms with van der Waals surface area (Å²) in [6.45, 7) is 1.95. The minimum absolute atomic E-state index is 0.171. The molecule has 8 heteroatoms. The van der Waals surface area contributed by atoms with Gasteiger partial charge in [-0.2, -0.15) is 0 Å². The van der Waals surface area contributed by atoms with Crippen LogP contribution >= 0.6 is 23.1 Å². The summed E-state index contributed by atoms with van der Waals surface area (Å²) in [6.07, 6.45) is 5.97. The normalized spacial score (nSPS) is 16.0. The van der Waals surface area contributed by atoms with Crippen molar-refractivity contribution >= 4 is 39.8 Å². The number of anilines is 2. The van der Waals surface area contributed by atoms with Gasteiger partial charge >= 0.3 is 0 Å². The average molecular weight is 407 g/mol. The van der Waals surface area contributed by atoms with Gasteiger partial charge in [0.15, 0.2) is 4.34 Å². The summed E-state index contributed by atoms with van der Waals surface area (Å²) in [7, 11) is 3.58. The maximum atomic E-state index is 12.7. The van der Waals surface area contributed by atoms with E-state index in [2.05, 4.69) is 15.5 Å². The molecule has 146 valence electrons. The number of carbonyl (C=O) groups excluding carboxylic acids is 1. The molecule has 1 heterocycles. The fourth-order valence-electron chi connectivity index (χ4n) is 3.27. The zero-order valence-corrected chi connectivity index (χ0v) is 17.6. The predicted octanol–water partition coefficient (Wildman–Crippen LogP) is 4.56. The second kappa shape index (κ2) is 9.41. The molecular weight excluding hydrogens is 380 g/mol. The molecule has 0 aliphatic heterocycles. The number of benzene rings is 1. The molecule has 1 amide bonds. The minimum atomic E-state index is -0.172. The molecule has 27 heavy (non-hydrogen) atoms. The van der Waals surface area contributed by atoms with Gasteiger partial charge in [0, 0.05) is 24.8 Å². The van der Waals surface area contributed by atoms with Crippen molar-refractivity contribution in [1.29, 1.82) is 0 Å². The Morgan fingerprint density at radius 3 is 2.85 bits per heavy atom. The standard InChI is InChI=1S/C19H26N4O2S2/c1-13(17(24)23(2)15-9-5-4-6-10-15)26-19-22-21-18(27-19)20-14-8-7-11-16(12-14)25-3/h7-8,11-13,15H,4-6,9-10H2,1-3H3,(H,20,21). The highest BCUT2D eigenvalue weighted by Crippen LogP contribution is 2.32. The summed E-state index contributed by atoms with van der Waals surface area (Å²) in [5.41, 5.74) is 0.892. The molecule has 1 unspecified atom stereocenters. The van der Waals surface area contributed by atoms with Crippen LogP contribution in [-0.2, 0) is 4.79 Å². The highest BCUT2D eigenvalue weighted by molar-refractivity contribution is 8.02. The van der Waals surface area contributed by atoms with Crippen molar-refractivity contribution in [3.05, 3.63) is 24.3 Å². The first-order valence-corrected chi connectivity index (χ1v) is 10.9. The number of amides is 1. The molecule has 1 aliphatic carbocycles. The van der Waals surface area contributed by atoms with Crippen LogP contribution in [0.2, 0.25) is 0 Å². The third-order valence-electron chi connectivity index (χ3n) is 4.82. The van der Waals surface area contributed by atoms with Crippen molar-refractivity contribution in [3.63, 3.8) is 0 Å². The molecule has 0 radical (unpaired) electrons. The van der Waals surface area contributed by atoms with E-state index in [9.17, 15) is 4.79 Å². The number of hydrogen-bond donors (Lipinski definition) is 1. The molecule has 0 saturated heterocycles. The SMILES string of the molecule is COc1cccc(Nc2nnc(SC(C)C(=O)N(C)C3CCCCC3)s2)c1. The second-order valence-electron chi connectivity index (χ2n) is 6.73.